The third-order valence-corrected chi connectivity index (χ3v) is 5.92. The zero-order chi connectivity index (χ0) is 23.4. The van der Waals surface area contributed by atoms with Gasteiger partial charge < -0.3 is 14.4 Å². The summed E-state index contributed by atoms with van der Waals surface area (Å²) in [6.07, 6.45) is 1.55. The first kappa shape index (κ1) is 22.7. The number of rotatable bonds is 9. The molecule has 0 saturated heterocycles. The quantitative estimate of drug-likeness (QED) is 0.395. The SMILES string of the molecule is [B]c1ccc2c(c1)nc(C)n2Cc1ccccc1OCc1ccc(CCC(=O)O)c(CC)c1. The molecule has 4 aromatic rings. The van der Waals surface area contributed by atoms with Gasteiger partial charge in [0.05, 0.1) is 17.6 Å². The van der Waals surface area contributed by atoms with Gasteiger partial charge in [0.1, 0.15) is 26.0 Å². The van der Waals surface area contributed by atoms with Crippen LogP contribution < -0.4 is 10.2 Å². The van der Waals surface area contributed by atoms with Crippen LogP contribution in [0.25, 0.3) is 11.0 Å². The Labute approximate surface area is 195 Å². The summed E-state index contributed by atoms with van der Waals surface area (Å²) in [7, 11) is 5.92. The largest absolute Gasteiger partial charge is 0.489 e. The molecular formula is C27H27BN2O3. The monoisotopic (exact) mass is 438 g/mol. The van der Waals surface area contributed by atoms with Gasteiger partial charge in [-0.3, -0.25) is 4.79 Å². The lowest BCUT2D eigenvalue weighted by atomic mass is 9.96. The Morgan fingerprint density at radius 1 is 1.06 bits per heavy atom. The van der Waals surface area contributed by atoms with Gasteiger partial charge in [-0.15, -0.1) is 0 Å². The number of benzene rings is 3. The number of hydrogen-bond acceptors (Lipinski definition) is 3. The van der Waals surface area contributed by atoms with Gasteiger partial charge >= 0.3 is 5.97 Å². The van der Waals surface area contributed by atoms with Crippen LogP contribution in [0.3, 0.4) is 0 Å². The van der Waals surface area contributed by atoms with E-state index in [1.807, 2.05) is 55.5 Å². The predicted octanol–water partition coefficient (Wildman–Crippen LogP) is 4.35. The van der Waals surface area contributed by atoms with Crippen molar-refractivity contribution in [2.24, 2.45) is 0 Å². The fourth-order valence-electron chi connectivity index (χ4n) is 4.16. The van der Waals surface area contributed by atoms with Crippen molar-refractivity contribution >= 4 is 30.3 Å². The summed E-state index contributed by atoms with van der Waals surface area (Å²) >= 11 is 0. The molecule has 0 unspecified atom stereocenters. The average Bonchev–Trinajstić information content (AvgIpc) is 3.11. The van der Waals surface area contributed by atoms with E-state index in [9.17, 15) is 4.79 Å². The number of aromatic nitrogens is 2. The van der Waals surface area contributed by atoms with E-state index in [-0.39, 0.29) is 6.42 Å². The highest BCUT2D eigenvalue weighted by Gasteiger charge is 2.12. The number of nitrogens with zero attached hydrogens (tertiary/aromatic N) is 2. The number of aryl methyl sites for hydroxylation is 3. The molecule has 0 aliphatic heterocycles. The van der Waals surface area contributed by atoms with Crippen molar-refractivity contribution in [1.29, 1.82) is 0 Å². The first-order valence-corrected chi connectivity index (χ1v) is 11.2. The minimum absolute atomic E-state index is 0.144. The summed E-state index contributed by atoms with van der Waals surface area (Å²) in [6.45, 7) is 5.18. The Bertz CT molecular complexity index is 1300. The van der Waals surface area contributed by atoms with Crippen LogP contribution in [0.15, 0.2) is 60.7 Å². The number of ether oxygens (including phenoxy) is 1. The van der Waals surface area contributed by atoms with Gasteiger partial charge in [-0.25, -0.2) is 4.98 Å². The lowest BCUT2D eigenvalue weighted by molar-refractivity contribution is -0.136. The summed E-state index contributed by atoms with van der Waals surface area (Å²) < 4.78 is 8.40. The van der Waals surface area contributed by atoms with Crippen LogP contribution >= 0.6 is 0 Å². The Hall–Kier alpha value is -3.54. The van der Waals surface area contributed by atoms with Gasteiger partial charge in [-0.1, -0.05) is 54.9 Å². The number of imidazole rings is 1. The zero-order valence-electron chi connectivity index (χ0n) is 19.0. The van der Waals surface area contributed by atoms with Crippen molar-refractivity contribution in [2.75, 3.05) is 0 Å². The van der Waals surface area contributed by atoms with Gasteiger partial charge in [-0.2, -0.15) is 0 Å². The number of fused-ring (bicyclic) bond motifs is 1. The van der Waals surface area contributed by atoms with Crippen LogP contribution in [0.5, 0.6) is 5.75 Å². The zero-order valence-corrected chi connectivity index (χ0v) is 19.0. The first-order valence-electron chi connectivity index (χ1n) is 11.2. The molecule has 1 N–H and O–H groups in total. The van der Waals surface area contributed by atoms with E-state index >= 15 is 0 Å². The summed E-state index contributed by atoms with van der Waals surface area (Å²) in [6, 6.07) is 20.0. The van der Waals surface area contributed by atoms with Crippen molar-refractivity contribution in [3.05, 3.63) is 88.7 Å². The molecule has 0 aliphatic rings. The number of carboxylic acids is 1. The maximum Gasteiger partial charge on any atom is 0.303 e. The lowest BCUT2D eigenvalue weighted by Crippen LogP contribution is -2.06. The van der Waals surface area contributed by atoms with Crippen molar-refractivity contribution in [2.45, 2.75) is 46.3 Å². The van der Waals surface area contributed by atoms with E-state index in [1.54, 1.807) is 0 Å². The molecule has 0 saturated carbocycles. The van der Waals surface area contributed by atoms with Crippen LogP contribution in [-0.2, 0) is 30.8 Å². The molecule has 5 nitrogen and oxygen atoms in total. The minimum atomic E-state index is -0.773. The molecule has 33 heavy (non-hydrogen) atoms. The van der Waals surface area contributed by atoms with Crippen LogP contribution in [0.2, 0.25) is 0 Å². The second-order valence-corrected chi connectivity index (χ2v) is 8.24. The van der Waals surface area contributed by atoms with Gasteiger partial charge in [-0.05, 0) is 54.7 Å². The second kappa shape index (κ2) is 9.95. The minimum Gasteiger partial charge on any atom is -0.489 e. The molecule has 1 aromatic heterocycles. The van der Waals surface area contributed by atoms with Gasteiger partial charge in [0, 0.05) is 12.0 Å². The molecule has 2 radical (unpaired) electrons. The first-order chi connectivity index (χ1) is 15.9. The smallest absolute Gasteiger partial charge is 0.303 e. The van der Waals surface area contributed by atoms with E-state index < -0.39 is 5.97 Å². The molecule has 166 valence electrons. The fraction of sp³-hybridized carbons (Fsp3) is 0.259. The Morgan fingerprint density at radius 3 is 2.67 bits per heavy atom. The van der Waals surface area contributed by atoms with Crippen LogP contribution in [-0.4, -0.2) is 28.5 Å². The second-order valence-electron chi connectivity index (χ2n) is 8.24. The van der Waals surface area contributed by atoms with Crippen molar-refractivity contribution in [1.82, 2.24) is 9.55 Å². The van der Waals surface area contributed by atoms with Gasteiger partial charge in [0.2, 0.25) is 0 Å². The van der Waals surface area contributed by atoms with E-state index in [4.69, 9.17) is 17.7 Å². The van der Waals surface area contributed by atoms with Gasteiger partial charge in [0.25, 0.3) is 0 Å². The summed E-state index contributed by atoms with van der Waals surface area (Å²) in [4.78, 5) is 15.6. The predicted molar refractivity (Wildman–Crippen MR) is 132 cm³/mol. The lowest BCUT2D eigenvalue weighted by Gasteiger charge is -2.15. The van der Waals surface area contributed by atoms with E-state index in [0.29, 0.717) is 25.0 Å². The molecule has 0 fully saturated rings. The summed E-state index contributed by atoms with van der Waals surface area (Å²) in [5.41, 5.74) is 7.04. The molecule has 0 spiro atoms. The third kappa shape index (κ3) is 5.28. The number of hydrogen-bond donors (Lipinski definition) is 1. The highest BCUT2D eigenvalue weighted by atomic mass is 16.5. The number of aliphatic carboxylic acids is 1. The molecule has 4 rings (SSSR count). The number of carbonyl (C=O) groups is 1. The van der Waals surface area contributed by atoms with Gasteiger partial charge in [0.15, 0.2) is 0 Å². The maximum absolute atomic E-state index is 10.9. The third-order valence-electron chi connectivity index (χ3n) is 5.92. The molecule has 0 amide bonds. The highest BCUT2D eigenvalue weighted by Crippen LogP contribution is 2.24. The van der Waals surface area contributed by atoms with Crippen LogP contribution in [0, 0.1) is 6.92 Å². The average molecular weight is 438 g/mol. The molecule has 1 heterocycles. The summed E-state index contributed by atoms with van der Waals surface area (Å²) in [5.74, 6) is 0.989. The Morgan fingerprint density at radius 2 is 1.88 bits per heavy atom. The summed E-state index contributed by atoms with van der Waals surface area (Å²) in [5, 5.41) is 8.98. The topological polar surface area (TPSA) is 64.4 Å². The fourth-order valence-corrected chi connectivity index (χ4v) is 4.16. The molecule has 0 aliphatic carbocycles. The van der Waals surface area contributed by atoms with E-state index in [1.165, 1.54) is 5.56 Å². The normalized spacial score (nSPS) is 11.1. The molecule has 0 bridgehead atoms. The Kier molecular flexibility index (Phi) is 6.83. The van der Waals surface area contributed by atoms with E-state index in [0.717, 1.165) is 45.7 Å². The molecule has 3 aromatic carbocycles. The Balaban J connectivity index is 1.52. The van der Waals surface area contributed by atoms with Crippen LogP contribution in [0.1, 0.15) is 41.4 Å². The molecule has 6 heteroatoms. The van der Waals surface area contributed by atoms with Crippen molar-refractivity contribution < 1.29 is 14.6 Å². The number of para-hydroxylation sites is 1. The van der Waals surface area contributed by atoms with Crippen LogP contribution in [0.4, 0.5) is 0 Å². The maximum atomic E-state index is 10.9. The molecule has 0 atom stereocenters. The van der Waals surface area contributed by atoms with Crippen molar-refractivity contribution in [3.63, 3.8) is 0 Å². The standard InChI is InChI=1S/C27H27BN2O3/c1-3-20-14-19(8-9-21(20)10-13-27(31)32)17-33-26-7-5-4-6-22(26)16-30-18(2)29-24-15-23(28)11-12-25(24)30/h4-9,11-12,14-15H,3,10,13,16-17H2,1-2H3,(H,31,32). The van der Waals surface area contributed by atoms with E-state index in [2.05, 4.69) is 28.6 Å². The van der Waals surface area contributed by atoms with Crippen molar-refractivity contribution in [3.8, 4) is 5.75 Å². The highest BCUT2D eigenvalue weighted by molar-refractivity contribution is 6.33. The number of carboxylic acid groups (broad SMARTS) is 1. The molecular weight excluding hydrogens is 411 g/mol.